The van der Waals surface area contributed by atoms with Crippen molar-refractivity contribution in [1.82, 2.24) is 29.2 Å². The lowest BCUT2D eigenvalue weighted by atomic mass is 10.1. The lowest BCUT2D eigenvalue weighted by Gasteiger charge is -2.23. The van der Waals surface area contributed by atoms with Crippen LogP contribution in [0.25, 0.3) is 16.9 Å². The van der Waals surface area contributed by atoms with Gasteiger partial charge in [-0.25, -0.2) is 23.7 Å². The number of pyridine rings is 1. The Kier molecular flexibility index (Phi) is 6.98. The fraction of sp³-hybridized carbons (Fsp3) is 0.357. The second-order valence-corrected chi connectivity index (χ2v) is 10.1. The van der Waals surface area contributed by atoms with E-state index in [-0.39, 0.29) is 17.8 Å². The highest BCUT2D eigenvalue weighted by molar-refractivity contribution is 5.77. The van der Waals surface area contributed by atoms with Gasteiger partial charge in [0.25, 0.3) is 5.56 Å². The van der Waals surface area contributed by atoms with E-state index in [0.29, 0.717) is 22.8 Å². The zero-order valence-corrected chi connectivity index (χ0v) is 22.1. The van der Waals surface area contributed by atoms with E-state index in [0.717, 1.165) is 38.3 Å². The molecule has 1 fully saturated rings. The number of likely N-dealkylation sites (N-methyl/N-ethyl adjacent to an activating group) is 1. The second-order valence-electron chi connectivity index (χ2n) is 10.1. The molecule has 4 heterocycles. The van der Waals surface area contributed by atoms with Gasteiger partial charge in [-0.1, -0.05) is 12.1 Å². The monoisotopic (exact) mass is 516 g/mol. The van der Waals surface area contributed by atoms with Crippen LogP contribution in [-0.2, 0) is 12.2 Å². The van der Waals surface area contributed by atoms with E-state index in [1.54, 1.807) is 29.0 Å². The Morgan fingerprint density at radius 1 is 1.08 bits per heavy atom. The molecule has 5 rings (SSSR count). The molecule has 0 amide bonds. The maximum Gasteiger partial charge on any atom is 0.278 e. The van der Waals surface area contributed by atoms with Crippen LogP contribution in [0.5, 0.6) is 0 Å². The summed E-state index contributed by atoms with van der Waals surface area (Å²) in [5, 5.41) is 3.58. The normalized spacial score (nSPS) is 15.0. The topological polar surface area (TPSA) is 84.1 Å². The molecule has 4 aromatic rings. The summed E-state index contributed by atoms with van der Waals surface area (Å²) in [6, 6.07) is 13.3. The van der Waals surface area contributed by atoms with Gasteiger partial charge in [0.2, 0.25) is 5.95 Å². The summed E-state index contributed by atoms with van der Waals surface area (Å²) in [5.74, 6) is 0.729. The van der Waals surface area contributed by atoms with E-state index in [9.17, 15) is 9.18 Å². The van der Waals surface area contributed by atoms with E-state index >= 15 is 0 Å². The van der Waals surface area contributed by atoms with Gasteiger partial charge in [0.05, 0.1) is 12.2 Å². The van der Waals surface area contributed by atoms with Gasteiger partial charge < -0.3 is 15.1 Å². The quantitative estimate of drug-likeness (QED) is 0.368. The SMILES string of the molecule is C=CCn1c(=O)c2cnc(Nc3ccc(N4CCCN(C)CC4)cc3)nc2n1-c1cccc(C(C)(C)F)n1. The maximum atomic E-state index is 14.7. The van der Waals surface area contributed by atoms with Gasteiger partial charge in [-0.2, -0.15) is 4.98 Å². The number of benzene rings is 1. The molecule has 0 bridgehead atoms. The van der Waals surface area contributed by atoms with Crippen molar-refractivity contribution >= 4 is 28.4 Å². The van der Waals surface area contributed by atoms with Gasteiger partial charge in [0.15, 0.2) is 11.5 Å². The number of nitrogens with zero attached hydrogens (tertiary/aromatic N) is 7. The Morgan fingerprint density at radius 3 is 2.61 bits per heavy atom. The summed E-state index contributed by atoms with van der Waals surface area (Å²) in [7, 11) is 2.16. The predicted molar refractivity (Wildman–Crippen MR) is 149 cm³/mol. The third kappa shape index (κ3) is 5.17. The van der Waals surface area contributed by atoms with Crippen molar-refractivity contribution in [2.24, 2.45) is 0 Å². The van der Waals surface area contributed by atoms with Crippen molar-refractivity contribution in [3.63, 3.8) is 0 Å². The van der Waals surface area contributed by atoms with Crippen LogP contribution >= 0.6 is 0 Å². The molecule has 1 aliphatic rings. The first-order valence-electron chi connectivity index (χ1n) is 12.8. The van der Waals surface area contributed by atoms with Crippen LogP contribution in [0.2, 0.25) is 0 Å². The Bertz CT molecular complexity index is 1500. The van der Waals surface area contributed by atoms with E-state index in [2.05, 4.69) is 55.8 Å². The minimum Gasteiger partial charge on any atom is -0.370 e. The molecule has 0 saturated carbocycles. The van der Waals surface area contributed by atoms with E-state index in [1.807, 2.05) is 12.1 Å². The first-order valence-corrected chi connectivity index (χ1v) is 12.8. The van der Waals surface area contributed by atoms with Gasteiger partial charge in [0.1, 0.15) is 11.1 Å². The molecule has 0 spiro atoms. The molecular formula is C28H33FN8O. The molecule has 1 saturated heterocycles. The van der Waals surface area contributed by atoms with Crippen LogP contribution in [0.15, 0.2) is 66.1 Å². The van der Waals surface area contributed by atoms with Crippen molar-refractivity contribution in [1.29, 1.82) is 0 Å². The highest BCUT2D eigenvalue weighted by atomic mass is 19.1. The summed E-state index contributed by atoms with van der Waals surface area (Å²) in [6.45, 7) is 11.1. The number of allylic oxidation sites excluding steroid dienone is 1. The number of fused-ring (bicyclic) bond motifs is 1. The van der Waals surface area contributed by atoms with E-state index in [1.165, 1.54) is 30.4 Å². The van der Waals surface area contributed by atoms with Gasteiger partial charge in [-0.3, -0.25) is 4.79 Å². The molecule has 0 unspecified atom stereocenters. The van der Waals surface area contributed by atoms with Gasteiger partial charge in [-0.15, -0.1) is 6.58 Å². The first-order chi connectivity index (χ1) is 18.2. The lowest BCUT2D eigenvalue weighted by Crippen LogP contribution is -2.28. The van der Waals surface area contributed by atoms with Crippen LogP contribution in [-0.4, -0.2) is 62.4 Å². The largest absolute Gasteiger partial charge is 0.370 e. The highest BCUT2D eigenvalue weighted by Gasteiger charge is 2.23. The van der Waals surface area contributed by atoms with Crippen LogP contribution in [0.3, 0.4) is 0 Å². The number of alkyl halides is 1. The average Bonchev–Trinajstić information content (AvgIpc) is 3.02. The fourth-order valence-corrected chi connectivity index (χ4v) is 4.67. The molecule has 0 radical (unpaired) electrons. The average molecular weight is 517 g/mol. The number of hydrogen-bond donors (Lipinski definition) is 1. The third-order valence-corrected chi connectivity index (χ3v) is 6.75. The molecule has 0 atom stereocenters. The number of halogens is 1. The molecule has 1 aliphatic heterocycles. The van der Waals surface area contributed by atoms with Crippen molar-refractivity contribution in [3.05, 3.63) is 77.4 Å². The molecule has 9 nitrogen and oxygen atoms in total. The fourth-order valence-electron chi connectivity index (χ4n) is 4.67. The Balaban J connectivity index is 1.48. The van der Waals surface area contributed by atoms with Crippen LogP contribution in [0.4, 0.5) is 21.7 Å². The number of nitrogens with one attached hydrogen (secondary N) is 1. The summed E-state index contributed by atoms with van der Waals surface area (Å²) in [5.41, 5.74) is 0.738. The molecule has 0 aliphatic carbocycles. The Morgan fingerprint density at radius 2 is 1.87 bits per heavy atom. The molecule has 1 N–H and O–H groups in total. The maximum absolute atomic E-state index is 14.7. The van der Waals surface area contributed by atoms with Gasteiger partial charge in [0, 0.05) is 37.2 Å². The van der Waals surface area contributed by atoms with Crippen molar-refractivity contribution in [2.75, 3.05) is 43.4 Å². The zero-order valence-electron chi connectivity index (χ0n) is 22.1. The predicted octanol–water partition coefficient (Wildman–Crippen LogP) is 4.25. The summed E-state index contributed by atoms with van der Waals surface area (Å²) in [6.07, 6.45) is 4.27. The molecule has 198 valence electrons. The van der Waals surface area contributed by atoms with Crippen molar-refractivity contribution in [2.45, 2.75) is 32.5 Å². The van der Waals surface area contributed by atoms with Crippen LogP contribution in [0.1, 0.15) is 26.0 Å². The lowest BCUT2D eigenvalue weighted by molar-refractivity contribution is 0.214. The summed E-state index contributed by atoms with van der Waals surface area (Å²) in [4.78, 5) is 31.5. The second kappa shape index (κ2) is 10.4. The van der Waals surface area contributed by atoms with Gasteiger partial charge in [-0.05, 0) is 70.3 Å². The first kappa shape index (κ1) is 25.6. The van der Waals surface area contributed by atoms with Crippen LogP contribution in [0, 0.1) is 0 Å². The minimum absolute atomic E-state index is 0.233. The number of rotatable bonds is 7. The van der Waals surface area contributed by atoms with Crippen molar-refractivity contribution in [3.8, 4) is 5.82 Å². The molecule has 1 aromatic carbocycles. The Labute approximate surface area is 221 Å². The standard InChI is InChI=1S/C28H33FN8O/c1-5-14-36-26(38)22-19-30-27(33-25(22)37(36)24-9-6-8-23(32-24)28(2,3)29)31-20-10-12-21(13-11-20)35-16-7-15-34(4)17-18-35/h5-6,8-13,19H,1,7,14-18H2,2-4H3,(H,30,31,33). The smallest absolute Gasteiger partial charge is 0.278 e. The number of hydrogen-bond acceptors (Lipinski definition) is 7. The summed E-state index contributed by atoms with van der Waals surface area (Å²) >= 11 is 0. The molecule has 3 aromatic heterocycles. The number of anilines is 3. The minimum atomic E-state index is -1.64. The van der Waals surface area contributed by atoms with Crippen molar-refractivity contribution < 1.29 is 4.39 Å². The highest BCUT2D eigenvalue weighted by Crippen LogP contribution is 2.25. The zero-order chi connectivity index (χ0) is 26.9. The molecule has 38 heavy (non-hydrogen) atoms. The van der Waals surface area contributed by atoms with E-state index < -0.39 is 5.67 Å². The van der Waals surface area contributed by atoms with Crippen LogP contribution < -0.4 is 15.8 Å². The number of aromatic nitrogens is 5. The summed E-state index contributed by atoms with van der Waals surface area (Å²) < 4.78 is 17.7. The molecular weight excluding hydrogens is 483 g/mol. The van der Waals surface area contributed by atoms with E-state index in [4.69, 9.17) is 0 Å². The van der Waals surface area contributed by atoms with Gasteiger partial charge >= 0.3 is 0 Å². The molecule has 10 heteroatoms. The Hall–Kier alpha value is -4.05. The third-order valence-electron chi connectivity index (χ3n) is 6.75.